The van der Waals surface area contributed by atoms with Crippen LogP contribution in [0.2, 0.25) is 0 Å². The Morgan fingerprint density at radius 2 is 1.81 bits per heavy atom. The van der Waals surface area contributed by atoms with Crippen molar-refractivity contribution < 1.29 is 5.11 Å². The molecule has 21 heavy (non-hydrogen) atoms. The van der Waals surface area contributed by atoms with E-state index in [0.717, 1.165) is 31.7 Å². The van der Waals surface area contributed by atoms with Gasteiger partial charge >= 0.3 is 0 Å². The van der Waals surface area contributed by atoms with Crippen LogP contribution >= 0.6 is 0 Å². The second kappa shape index (κ2) is 6.47. The van der Waals surface area contributed by atoms with Crippen molar-refractivity contribution in [1.82, 2.24) is 9.80 Å². The molecule has 118 valence electrons. The monoisotopic (exact) mass is 290 g/mol. The van der Waals surface area contributed by atoms with Crippen molar-refractivity contribution >= 4 is 0 Å². The Morgan fingerprint density at radius 1 is 1.19 bits per heavy atom. The highest BCUT2D eigenvalue weighted by molar-refractivity contribution is 5.28. The SMILES string of the molecule is CC1CN(CC(O)c2ccc(C(C)(C)C)cc2)CCN1C. The zero-order valence-electron chi connectivity index (χ0n) is 14.1. The number of hydrogen-bond donors (Lipinski definition) is 1. The van der Waals surface area contributed by atoms with Crippen molar-refractivity contribution in [3.8, 4) is 0 Å². The molecule has 1 N–H and O–H groups in total. The molecule has 0 aromatic heterocycles. The molecule has 0 bridgehead atoms. The van der Waals surface area contributed by atoms with Gasteiger partial charge in [0.1, 0.15) is 0 Å². The Bertz CT molecular complexity index is 449. The van der Waals surface area contributed by atoms with Crippen molar-refractivity contribution in [2.75, 3.05) is 33.2 Å². The summed E-state index contributed by atoms with van der Waals surface area (Å²) in [5.41, 5.74) is 2.50. The first kappa shape index (κ1) is 16.5. The molecule has 1 heterocycles. The van der Waals surface area contributed by atoms with Crippen LogP contribution in [0.4, 0.5) is 0 Å². The van der Waals surface area contributed by atoms with E-state index in [2.05, 4.69) is 68.8 Å². The van der Waals surface area contributed by atoms with Crippen LogP contribution in [0.5, 0.6) is 0 Å². The fourth-order valence-electron chi connectivity index (χ4n) is 2.84. The molecule has 1 fully saturated rings. The van der Waals surface area contributed by atoms with Crippen LogP contribution in [-0.2, 0) is 5.41 Å². The summed E-state index contributed by atoms with van der Waals surface area (Å²) in [6, 6.07) is 9.00. The third kappa shape index (κ3) is 4.29. The summed E-state index contributed by atoms with van der Waals surface area (Å²) in [7, 11) is 2.17. The predicted octanol–water partition coefficient (Wildman–Crippen LogP) is 2.65. The summed E-state index contributed by atoms with van der Waals surface area (Å²) in [6.45, 7) is 12.8. The van der Waals surface area contributed by atoms with Crippen molar-refractivity contribution in [1.29, 1.82) is 0 Å². The Hall–Kier alpha value is -0.900. The van der Waals surface area contributed by atoms with Crippen LogP contribution in [0.3, 0.4) is 0 Å². The maximum atomic E-state index is 10.5. The number of hydrogen-bond acceptors (Lipinski definition) is 3. The maximum Gasteiger partial charge on any atom is 0.0916 e. The molecule has 1 saturated heterocycles. The third-order valence-corrected chi connectivity index (χ3v) is 4.64. The predicted molar refractivity (Wildman–Crippen MR) is 88.6 cm³/mol. The summed E-state index contributed by atoms with van der Waals surface area (Å²) < 4.78 is 0. The van der Waals surface area contributed by atoms with Gasteiger partial charge in [0.05, 0.1) is 6.10 Å². The van der Waals surface area contributed by atoms with Crippen LogP contribution < -0.4 is 0 Å². The van der Waals surface area contributed by atoms with Crippen molar-refractivity contribution in [2.24, 2.45) is 0 Å². The Kier molecular flexibility index (Phi) is 5.07. The minimum Gasteiger partial charge on any atom is -0.387 e. The number of rotatable bonds is 3. The molecule has 3 heteroatoms. The number of aliphatic hydroxyl groups excluding tert-OH is 1. The Balaban J connectivity index is 1.96. The second-order valence-electron chi connectivity index (χ2n) is 7.48. The van der Waals surface area contributed by atoms with E-state index in [1.807, 2.05) is 0 Å². The van der Waals surface area contributed by atoms with Gasteiger partial charge in [0.15, 0.2) is 0 Å². The quantitative estimate of drug-likeness (QED) is 0.927. The number of aliphatic hydroxyl groups is 1. The van der Waals surface area contributed by atoms with Crippen molar-refractivity contribution in [3.05, 3.63) is 35.4 Å². The highest BCUT2D eigenvalue weighted by atomic mass is 16.3. The molecule has 1 aromatic rings. The van der Waals surface area contributed by atoms with E-state index in [0.29, 0.717) is 6.04 Å². The average Bonchev–Trinajstić information content (AvgIpc) is 2.42. The first-order valence-corrected chi connectivity index (χ1v) is 7.98. The summed E-state index contributed by atoms with van der Waals surface area (Å²) in [5, 5.41) is 10.5. The minimum atomic E-state index is -0.394. The lowest BCUT2D eigenvalue weighted by Crippen LogP contribution is -2.50. The van der Waals surface area contributed by atoms with Gasteiger partial charge in [0, 0.05) is 32.2 Å². The molecule has 1 aliphatic heterocycles. The Labute approximate surface area is 129 Å². The number of benzene rings is 1. The van der Waals surface area contributed by atoms with Gasteiger partial charge in [-0.25, -0.2) is 0 Å². The molecule has 0 aliphatic carbocycles. The first-order chi connectivity index (χ1) is 9.77. The smallest absolute Gasteiger partial charge is 0.0916 e. The van der Waals surface area contributed by atoms with Gasteiger partial charge in [0.25, 0.3) is 0 Å². The number of likely N-dealkylation sites (N-methyl/N-ethyl adjacent to an activating group) is 1. The van der Waals surface area contributed by atoms with E-state index >= 15 is 0 Å². The number of nitrogens with zero attached hydrogens (tertiary/aromatic N) is 2. The van der Waals surface area contributed by atoms with E-state index in [-0.39, 0.29) is 5.41 Å². The largest absolute Gasteiger partial charge is 0.387 e. The van der Waals surface area contributed by atoms with Gasteiger partial charge in [0.2, 0.25) is 0 Å². The second-order valence-corrected chi connectivity index (χ2v) is 7.48. The molecule has 0 radical (unpaired) electrons. The number of piperazine rings is 1. The van der Waals surface area contributed by atoms with Crippen LogP contribution in [0.15, 0.2) is 24.3 Å². The maximum absolute atomic E-state index is 10.5. The molecule has 0 saturated carbocycles. The molecule has 2 unspecified atom stereocenters. The lowest BCUT2D eigenvalue weighted by molar-refractivity contribution is 0.0568. The fourth-order valence-corrected chi connectivity index (χ4v) is 2.84. The van der Waals surface area contributed by atoms with Gasteiger partial charge in [-0.05, 0) is 30.5 Å². The highest BCUT2D eigenvalue weighted by Crippen LogP contribution is 2.24. The summed E-state index contributed by atoms with van der Waals surface area (Å²) >= 11 is 0. The molecule has 2 rings (SSSR count). The van der Waals surface area contributed by atoms with Crippen LogP contribution in [0, 0.1) is 0 Å². The van der Waals surface area contributed by atoms with Crippen LogP contribution in [0.25, 0.3) is 0 Å². The average molecular weight is 290 g/mol. The lowest BCUT2D eigenvalue weighted by atomic mass is 9.86. The van der Waals surface area contributed by atoms with Gasteiger partial charge in [-0.3, -0.25) is 4.90 Å². The highest BCUT2D eigenvalue weighted by Gasteiger charge is 2.23. The summed E-state index contributed by atoms with van der Waals surface area (Å²) in [6.07, 6.45) is -0.394. The first-order valence-electron chi connectivity index (χ1n) is 7.98. The Morgan fingerprint density at radius 3 is 2.33 bits per heavy atom. The van der Waals surface area contributed by atoms with Crippen molar-refractivity contribution in [2.45, 2.75) is 45.3 Å². The zero-order chi connectivity index (χ0) is 15.6. The van der Waals surface area contributed by atoms with Gasteiger partial charge in [-0.15, -0.1) is 0 Å². The summed E-state index contributed by atoms with van der Waals surface area (Å²) in [5.74, 6) is 0. The molecule has 0 amide bonds. The zero-order valence-corrected chi connectivity index (χ0v) is 14.1. The minimum absolute atomic E-state index is 0.163. The van der Waals surface area contributed by atoms with Crippen molar-refractivity contribution in [3.63, 3.8) is 0 Å². The molecule has 2 atom stereocenters. The van der Waals surface area contributed by atoms with Gasteiger partial charge in [-0.1, -0.05) is 45.0 Å². The van der Waals surface area contributed by atoms with E-state index in [1.165, 1.54) is 5.56 Å². The molecular weight excluding hydrogens is 260 g/mol. The van der Waals surface area contributed by atoms with Crippen LogP contribution in [-0.4, -0.2) is 54.2 Å². The van der Waals surface area contributed by atoms with E-state index in [9.17, 15) is 5.11 Å². The van der Waals surface area contributed by atoms with E-state index in [1.54, 1.807) is 0 Å². The van der Waals surface area contributed by atoms with Crippen LogP contribution in [0.1, 0.15) is 44.9 Å². The van der Waals surface area contributed by atoms with E-state index in [4.69, 9.17) is 0 Å². The fraction of sp³-hybridized carbons (Fsp3) is 0.667. The van der Waals surface area contributed by atoms with E-state index < -0.39 is 6.10 Å². The number of β-amino-alcohol motifs (C(OH)–C–C–N with tert-alkyl or cyclic N) is 1. The van der Waals surface area contributed by atoms with Gasteiger partial charge < -0.3 is 10.0 Å². The van der Waals surface area contributed by atoms with Gasteiger partial charge in [-0.2, -0.15) is 0 Å². The lowest BCUT2D eigenvalue weighted by Gasteiger charge is -2.38. The molecule has 3 nitrogen and oxygen atoms in total. The molecule has 1 aliphatic rings. The molecule has 0 spiro atoms. The topological polar surface area (TPSA) is 26.7 Å². The third-order valence-electron chi connectivity index (χ3n) is 4.64. The molecular formula is C18H30N2O. The molecule has 1 aromatic carbocycles. The normalized spacial score (nSPS) is 23.2. The summed E-state index contributed by atoms with van der Waals surface area (Å²) in [4.78, 5) is 4.74. The standard InChI is InChI=1S/C18H30N2O/c1-14-12-20(11-10-19(14)5)13-17(21)15-6-8-16(9-7-15)18(2,3)4/h6-9,14,17,21H,10-13H2,1-5H3.